The normalized spacial score (nSPS) is 27.2. The Kier molecular flexibility index (Phi) is 6.21. The molecular formula is C21H30ClN3O2. The Bertz CT molecular complexity index is 650. The summed E-state index contributed by atoms with van der Waals surface area (Å²) < 4.78 is 5.51. The molecule has 0 aromatic heterocycles. The number of amides is 2. The molecular weight excluding hydrogens is 362 g/mol. The van der Waals surface area contributed by atoms with Gasteiger partial charge < -0.3 is 15.0 Å². The van der Waals surface area contributed by atoms with E-state index >= 15 is 0 Å². The zero-order chi connectivity index (χ0) is 18.6. The Hall–Kier alpha value is -1.30. The third-order valence-corrected chi connectivity index (χ3v) is 6.67. The number of benzene rings is 1. The first-order valence-electron chi connectivity index (χ1n) is 10.3. The maximum Gasteiger partial charge on any atom is 0.317 e. The van der Waals surface area contributed by atoms with Crippen LogP contribution in [0.15, 0.2) is 24.3 Å². The zero-order valence-corrected chi connectivity index (χ0v) is 16.7. The standard InChI is InChI=1S/C21H30ClN3O2/c22-18-6-3-5-17(14-18)20(24-10-12-27-13-11-24)15-23-21(26)25-9-8-16-4-1-2-7-19(16)25/h3,5-6,14,16,19-20H,1-2,4,7-13,15H2,(H,23,26). The molecule has 3 unspecified atom stereocenters. The zero-order valence-electron chi connectivity index (χ0n) is 15.9. The van der Waals surface area contributed by atoms with Gasteiger partial charge in [-0.2, -0.15) is 0 Å². The van der Waals surface area contributed by atoms with Crippen molar-refractivity contribution < 1.29 is 9.53 Å². The van der Waals surface area contributed by atoms with E-state index in [9.17, 15) is 4.79 Å². The van der Waals surface area contributed by atoms with Crippen molar-refractivity contribution in [2.75, 3.05) is 39.4 Å². The molecule has 2 aliphatic heterocycles. The van der Waals surface area contributed by atoms with Gasteiger partial charge in [0.1, 0.15) is 0 Å². The highest BCUT2D eigenvalue weighted by atomic mass is 35.5. The fraction of sp³-hybridized carbons (Fsp3) is 0.667. The second kappa shape index (κ2) is 8.80. The first kappa shape index (κ1) is 19.0. The number of ether oxygens (including phenoxy) is 1. The Morgan fingerprint density at radius 3 is 2.81 bits per heavy atom. The number of morpholine rings is 1. The van der Waals surface area contributed by atoms with Crippen molar-refractivity contribution in [3.8, 4) is 0 Å². The van der Waals surface area contributed by atoms with E-state index in [-0.39, 0.29) is 12.1 Å². The third-order valence-electron chi connectivity index (χ3n) is 6.44. The van der Waals surface area contributed by atoms with Crippen LogP contribution in [0, 0.1) is 5.92 Å². The van der Waals surface area contributed by atoms with Crippen molar-refractivity contribution in [2.24, 2.45) is 5.92 Å². The average molecular weight is 392 g/mol. The van der Waals surface area contributed by atoms with Gasteiger partial charge in [0.15, 0.2) is 0 Å². The van der Waals surface area contributed by atoms with Gasteiger partial charge in [-0.3, -0.25) is 4.90 Å². The van der Waals surface area contributed by atoms with Gasteiger partial charge in [-0.1, -0.05) is 36.6 Å². The number of urea groups is 1. The average Bonchev–Trinajstić information content (AvgIpc) is 3.13. The summed E-state index contributed by atoms with van der Waals surface area (Å²) in [4.78, 5) is 17.4. The van der Waals surface area contributed by atoms with E-state index in [1.807, 2.05) is 18.2 Å². The van der Waals surface area contributed by atoms with Gasteiger partial charge in [0.25, 0.3) is 0 Å². The number of fused-ring (bicyclic) bond motifs is 1. The maximum absolute atomic E-state index is 12.9. The highest BCUT2D eigenvalue weighted by molar-refractivity contribution is 6.30. The van der Waals surface area contributed by atoms with Gasteiger partial charge in [-0.15, -0.1) is 0 Å². The molecule has 5 nitrogen and oxygen atoms in total. The monoisotopic (exact) mass is 391 g/mol. The molecule has 2 heterocycles. The van der Waals surface area contributed by atoms with E-state index in [2.05, 4.69) is 21.2 Å². The molecule has 148 valence electrons. The van der Waals surface area contributed by atoms with Crippen LogP contribution in [0.5, 0.6) is 0 Å². The van der Waals surface area contributed by atoms with Crippen LogP contribution < -0.4 is 5.32 Å². The number of carbonyl (C=O) groups excluding carboxylic acids is 1. The van der Waals surface area contributed by atoms with E-state index < -0.39 is 0 Å². The summed E-state index contributed by atoms with van der Waals surface area (Å²) in [7, 11) is 0. The first-order valence-corrected chi connectivity index (χ1v) is 10.7. The maximum atomic E-state index is 12.9. The molecule has 3 aliphatic rings. The number of hydrogen-bond acceptors (Lipinski definition) is 3. The van der Waals surface area contributed by atoms with Gasteiger partial charge in [-0.05, 0) is 42.9 Å². The second-order valence-corrected chi connectivity index (χ2v) is 8.44. The van der Waals surface area contributed by atoms with Gasteiger partial charge in [0.2, 0.25) is 0 Å². The van der Waals surface area contributed by atoms with Crippen LogP contribution in [0.4, 0.5) is 4.79 Å². The number of halogens is 1. The topological polar surface area (TPSA) is 44.8 Å². The largest absolute Gasteiger partial charge is 0.379 e. The van der Waals surface area contributed by atoms with E-state index in [4.69, 9.17) is 16.3 Å². The van der Waals surface area contributed by atoms with Gasteiger partial charge in [0.05, 0.1) is 19.3 Å². The lowest BCUT2D eigenvalue weighted by Crippen LogP contribution is -2.48. The summed E-state index contributed by atoms with van der Waals surface area (Å²) >= 11 is 6.23. The molecule has 27 heavy (non-hydrogen) atoms. The number of carbonyl (C=O) groups is 1. The summed E-state index contributed by atoms with van der Waals surface area (Å²) in [6, 6.07) is 8.68. The molecule has 2 amide bonds. The Balaban J connectivity index is 1.42. The summed E-state index contributed by atoms with van der Waals surface area (Å²) in [5.74, 6) is 0.715. The van der Waals surface area contributed by atoms with Gasteiger partial charge in [0, 0.05) is 37.2 Å². The minimum atomic E-state index is 0.102. The molecule has 0 bridgehead atoms. The number of rotatable bonds is 4. The molecule has 4 rings (SSSR count). The third kappa shape index (κ3) is 4.41. The van der Waals surface area contributed by atoms with Crippen LogP contribution in [0.2, 0.25) is 5.02 Å². The smallest absolute Gasteiger partial charge is 0.317 e. The molecule has 2 saturated heterocycles. The fourth-order valence-electron chi connectivity index (χ4n) is 5.00. The molecule has 1 saturated carbocycles. The Morgan fingerprint density at radius 2 is 2.00 bits per heavy atom. The predicted molar refractivity (Wildman–Crippen MR) is 107 cm³/mol. The van der Waals surface area contributed by atoms with Crippen LogP contribution >= 0.6 is 11.6 Å². The van der Waals surface area contributed by atoms with Crippen molar-refractivity contribution >= 4 is 17.6 Å². The summed E-state index contributed by atoms with van der Waals surface area (Å²) in [5.41, 5.74) is 1.15. The lowest BCUT2D eigenvalue weighted by molar-refractivity contribution is 0.0164. The van der Waals surface area contributed by atoms with Crippen LogP contribution in [-0.2, 0) is 4.74 Å². The molecule has 6 heteroatoms. The van der Waals surface area contributed by atoms with Gasteiger partial charge >= 0.3 is 6.03 Å². The summed E-state index contributed by atoms with van der Waals surface area (Å²) in [5, 5.41) is 3.97. The highest BCUT2D eigenvalue weighted by Crippen LogP contribution is 2.36. The number of nitrogens with zero attached hydrogens (tertiary/aromatic N) is 2. The second-order valence-electron chi connectivity index (χ2n) is 8.00. The molecule has 3 fully saturated rings. The van der Waals surface area contributed by atoms with Gasteiger partial charge in [-0.25, -0.2) is 4.79 Å². The first-order chi connectivity index (χ1) is 13.2. The predicted octanol–water partition coefficient (Wildman–Crippen LogP) is 3.69. The number of likely N-dealkylation sites (tertiary alicyclic amines) is 1. The number of hydrogen-bond donors (Lipinski definition) is 1. The molecule has 3 atom stereocenters. The van der Waals surface area contributed by atoms with Crippen molar-refractivity contribution in [2.45, 2.75) is 44.2 Å². The van der Waals surface area contributed by atoms with Crippen molar-refractivity contribution in [1.82, 2.24) is 15.1 Å². The SMILES string of the molecule is O=C(NCC(c1cccc(Cl)c1)N1CCOCC1)N1CCC2CCCCC21. The summed E-state index contributed by atoms with van der Waals surface area (Å²) in [6.45, 7) is 4.73. The van der Waals surface area contributed by atoms with E-state index in [1.54, 1.807) is 0 Å². The molecule has 1 N–H and O–H groups in total. The summed E-state index contributed by atoms with van der Waals surface area (Å²) in [6.07, 6.45) is 6.19. The molecule has 1 aliphatic carbocycles. The van der Waals surface area contributed by atoms with E-state index in [0.717, 1.165) is 43.4 Å². The minimum absolute atomic E-state index is 0.102. The van der Waals surface area contributed by atoms with Crippen molar-refractivity contribution in [1.29, 1.82) is 0 Å². The van der Waals surface area contributed by atoms with Crippen molar-refractivity contribution in [3.63, 3.8) is 0 Å². The molecule has 1 aromatic rings. The van der Waals surface area contributed by atoms with Crippen molar-refractivity contribution in [3.05, 3.63) is 34.9 Å². The molecule has 0 radical (unpaired) electrons. The van der Waals surface area contributed by atoms with Crippen LogP contribution in [-0.4, -0.2) is 61.3 Å². The lowest BCUT2D eigenvalue weighted by Gasteiger charge is -2.36. The van der Waals surface area contributed by atoms with Crippen LogP contribution in [0.1, 0.15) is 43.7 Å². The van der Waals surface area contributed by atoms with Crippen LogP contribution in [0.25, 0.3) is 0 Å². The molecule has 1 aromatic carbocycles. The minimum Gasteiger partial charge on any atom is -0.379 e. The lowest BCUT2D eigenvalue weighted by atomic mass is 9.85. The number of nitrogens with one attached hydrogen (secondary N) is 1. The molecule has 0 spiro atoms. The highest BCUT2D eigenvalue weighted by Gasteiger charge is 2.38. The quantitative estimate of drug-likeness (QED) is 0.851. The fourth-order valence-corrected chi connectivity index (χ4v) is 5.20. The Labute approximate surface area is 167 Å². The van der Waals surface area contributed by atoms with Crippen LogP contribution in [0.3, 0.4) is 0 Å². The Morgan fingerprint density at radius 1 is 1.19 bits per heavy atom. The van der Waals surface area contributed by atoms with E-state index in [0.29, 0.717) is 18.5 Å². The van der Waals surface area contributed by atoms with E-state index in [1.165, 1.54) is 32.1 Å².